The zero-order valence-corrected chi connectivity index (χ0v) is 11.4. The first-order valence-corrected chi connectivity index (χ1v) is 6.05. The molecule has 0 aromatic carbocycles. The van der Waals surface area contributed by atoms with Gasteiger partial charge in [0.1, 0.15) is 23.3 Å². The molecule has 0 aliphatic heterocycles. The summed E-state index contributed by atoms with van der Waals surface area (Å²) in [7, 11) is 0. The number of imide groups is 1. The van der Waals surface area contributed by atoms with Crippen LogP contribution < -0.4 is 14.8 Å². The number of amides is 2. The lowest BCUT2D eigenvalue weighted by Crippen LogP contribution is -2.35. The number of nitrogens with one attached hydrogen (secondary N) is 1. The molecule has 9 nitrogen and oxygen atoms in total. The first-order chi connectivity index (χ1) is 11.1. The Bertz CT molecular complexity index is 768. The Morgan fingerprint density at radius 3 is 1.74 bits per heavy atom. The fraction of sp³-hybridized carbons (Fsp3) is 0. The summed E-state index contributed by atoms with van der Waals surface area (Å²) in [5, 5.41) is 19.4. The van der Waals surface area contributed by atoms with Crippen LogP contribution in [-0.4, -0.2) is 22.2 Å². The van der Waals surface area contributed by atoms with Crippen molar-refractivity contribution < 1.29 is 19.1 Å². The van der Waals surface area contributed by atoms with Crippen molar-refractivity contribution in [2.75, 3.05) is 0 Å². The van der Waals surface area contributed by atoms with Gasteiger partial charge in [0.2, 0.25) is 11.8 Å². The first-order valence-electron chi connectivity index (χ1n) is 6.05. The number of nitriles is 2. The predicted molar refractivity (Wildman–Crippen MR) is 73.1 cm³/mol. The molecule has 2 heterocycles. The van der Waals surface area contributed by atoms with Gasteiger partial charge in [0.25, 0.3) is 0 Å². The molecule has 112 valence electrons. The Kier molecular flexibility index (Phi) is 4.79. The zero-order chi connectivity index (χ0) is 16.7. The number of hydrogen-bond acceptors (Lipinski definition) is 8. The van der Waals surface area contributed by atoms with Crippen LogP contribution in [0, 0.1) is 22.7 Å². The lowest BCUT2D eigenvalue weighted by atomic mass is 10.3. The van der Waals surface area contributed by atoms with E-state index in [2.05, 4.69) is 9.97 Å². The molecule has 9 heteroatoms. The van der Waals surface area contributed by atoms with E-state index in [1.54, 1.807) is 17.5 Å². The fourth-order valence-corrected chi connectivity index (χ4v) is 1.42. The lowest BCUT2D eigenvalue weighted by molar-refractivity contribution is 0.179. The van der Waals surface area contributed by atoms with Gasteiger partial charge in [0, 0.05) is 12.4 Å². The summed E-state index contributed by atoms with van der Waals surface area (Å²) in [5.41, 5.74) is 0.0417. The highest BCUT2D eigenvalue weighted by Gasteiger charge is 2.16. The number of aromatic nitrogens is 2. The van der Waals surface area contributed by atoms with Crippen LogP contribution in [0.15, 0.2) is 36.7 Å². The van der Waals surface area contributed by atoms with Crippen LogP contribution in [0.5, 0.6) is 11.8 Å². The molecule has 23 heavy (non-hydrogen) atoms. The molecule has 2 rings (SSSR count). The van der Waals surface area contributed by atoms with E-state index in [1.807, 2.05) is 0 Å². The standard InChI is InChI=1S/C14H7N5O4/c15-7-9-3-1-5-17-11(9)22-13(20)19-14(21)23-12-10(8-16)4-2-6-18-12/h1-6H,(H,19,20,21). The van der Waals surface area contributed by atoms with Crippen LogP contribution in [0.4, 0.5) is 9.59 Å². The van der Waals surface area contributed by atoms with Crippen LogP contribution in [0.3, 0.4) is 0 Å². The third-order valence-corrected chi connectivity index (χ3v) is 2.37. The molecule has 0 spiro atoms. The number of carbonyl (C=O) groups is 2. The zero-order valence-electron chi connectivity index (χ0n) is 11.4. The van der Waals surface area contributed by atoms with Crippen molar-refractivity contribution >= 4 is 12.2 Å². The minimum atomic E-state index is -1.19. The van der Waals surface area contributed by atoms with Gasteiger partial charge in [0.15, 0.2) is 0 Å². The van der Waals surface area contributed by atoms with Crippen molar-refractivity contribution in [3.05, 3.63) is 47.8 Å². The van der Waals surface area contributed by atoms with Gasteiger partial charge in [-0.3, -0.25) is 0 Å². The Balaban J connectivity index is 1.99. The van der Waals surface area contributed by atoms with Gasteiger partial charge in [-0.15, -0.1) is 0 Å². The average molecular weight is 309 g/mol. The molecule has 1 N–H and O–H groups in total. The van der Waals surface area contributed by atoms with Crippen molar-refractivity contribution in [3.8, 4) is 23.9 Å². The van der Waals surface area contributed by atoms with Crippen LogP contribution in [0.25, 0.3) is 0 Å². The summed E-state index contributed by atoms with van der Waals surface area (Å²) in [6.07, 6.45) is 0.239. The summed E-state index contributed by atoms with van der Waals surface area (Å²) in [6, 6.07) is 9.32. The molecule has 0 saturated heterocycles. The Labute approximate surface area is 129 Å². The number of pyridine rings is 2. The molecule has 0 bridgehead atoms. The van der Waals surface area contributed by atoms with Gasteiger partial charge >= 0.3 is 12.2 Å². The molecule has 2 aromatic heterocycles. The van der Waals surface area contributed by atoms with Crippen molar-refractivity contribution in [1.29, 1.82) is 10.5 Å². The van der Waals surface area contributed by atoms with E-state index in [0.29, 0.717) is 0 Å². The smallest absolute Gasteiger partial charge is 0.389 e. The summed E-state index contributed by atoms with van der Waals surface area (Å²) < 4.78 is 9.46. The molecule has 0 saturated carbocycles. The largest absolute Gasteiger partial charge is 0.423 e. The maximum atomic E-state index is 11.6. The van der Waals surface area contributed by atoms with E-state index in [1.165, 1.54) is 36.7 Å². The molecule has 0 unspecified atom stereocenters. The summed E-state index contributed by atoms with van der Waals surface area (Å²) in [6.45, 7) is 0. The summed E-state index contributed by atoms with van der Waals surface area (Å²) in [5.74, 6) is -0.508. The topological polar surface area (TPSA) is 138 Å². The van der Waals surface area contributed by atoms with E-state index in [9.17, 15) is 9.59 Å². The third kappa shape index (κ3) is 4.00. The predicted octanol–water partition coefficient (Wildman–Crippen LogP) is 1.51. The number of nitrogens with zero attached hydrogens (tertiary/aromatic N) is 4. The second-order valence-electron chi connectivity index (χ2n) is 3.84. The van der Waals surface area contributed by atoms with E-state index < -0.39 is 12.2 Å². The van der Waals surface area contributed by atoms with Crippen molar-refractivity contribution in [2.45, 2.75) is 0 Å². The van der Waals surface area contributed by atoms with Crippen LogP contribution in [-0.2, 0) is 0 Å². The van der Waals surface area contributed by atoms with Gasteiger partial charge < -0.3 is 9.47 Å². The third-order valence-electron chi connectivity index (χ3n) is 2.37. The SMILES string of the molecule is N#Cc1cccnc1OC(=O)NC(=O)Oc1ncccc1C#N. The molecule has 0 atom stereocenters. The molecular formula is C14H7N5O4. The number of carbonyl (C=O) groups excluding carboxylic acids is 2. The highest BCUT2D eigenvalue weighted by molar-refractivity contribution is 5.89. The second-order valence-corrected chi connectivity index (χ2v) is 3.84. The van der Waals surface area contributed by atoms with Crippen molar-refractivity contribution in [2.24, 2.45) is 0 Å². The maximum absolute atomic E-state index is 11.6. The maximum Gasteiger partial charge on any atom is 0.423 e. The summed E-state index contributed by atoms with van der Waals surface area (Å²) >= 11 is 0. The molecule has 0 aliphatic carbocycles. The monoisotopic (exact) mass is 309 g/mol. The minimum absolute atomic E-state index is 0.0208. The second kappa shape index (κ2) is 7.15. The molecular weight excluding hydrogens is 302 g/mol. The summed E-state index contributed by atoms with van der Waals surface area (Å²) in [4.78, 5) is 30.5. The molecule has 2 amide bonds. The van der Waals surface area contributed by atoms with Crippen LogP contribution in [0.2, 0.25) is 0 Å². The molecule has 0 aliphatic rings. The van der Waals surface area contributed by atoms with Crippen LogP contribution in [0.1, 0.15) is 11.1 Å². The molecule has 0 radical (unpaired) electrons. The molecule has 2 aromatic rings. The van der Waals surface area contributed by atoms with E-state index in [0.717, 1.165) is 0 Å². The average Bonchev–Trinajstić information content (AvgIpc) is 2.55. The van der Waals surface area contributed by atoms with Crippen LogP contribution >= 0.6 is 0 Å². The normalized spacial score (nSPS) is 9.13. The minimum Gasteiger partial charge on any atom is -0.389 e. The van der Waals surface area contributed by atoms with Gasteiger partial charge in [-0.2, -0.15) is 10.5 Å². The van der Waals surface area contributed by atoms with Crippen molar-refractivity contribution in [1.82, 2.24) is 15.3 Å². The number of rotatable bonds is 2. The van der Waals surface area contributed by atoms with Gasteiger partial charge in [-0.05, 0) is 24.3 Å². The highest BCUT2D eigenvalue weighted by Crippen LogP contribution is 2.14. The Morgan fingerprint density at radius 1 is 0.913 bits per heavy atom. The Hall–Kier alpha value is -3.98. The van der Waals surface area contributed by atoms with Crippen molar-refractivity contribution in [3.63, 3.8) is 0 Å². The first kappa shape index (κ1) is 15.4. The number of ether oxygens (including phenoxy) is 2. The van der Waals surface area contributed by atoms with E-state index >= 15 is 0 Å². The van der Waals surface area contributed by atoms with E-state index in [4.69, 9.17) is 20.0 Å². The highest BCUT2D eigenvalue weighted by atomic mass is 16.6. The number of hydrogen-bond donors (Lipinski definition) is 1. The van der Waals surface area contributed by atoms with E-state index in [-0.39, 0.29) is 22.9 Å². The van der Waals surface area contributed by atoms with Gasteiger partial charge in [-0.1, -0.05) is 0 Å². The van der Waals surface area contributed by atoms with Gasteiger partial charge in [-0.25, -0.2) is 24.9 Å². The van der Waals surface area contributed by atoms with Gasteiger partial charge in [0.05, 0.1) is 0 Å². The lowest BCUT2D eigenvalue weighted by Gasteiger charge is -2.06. The fourth-order valence-electron chi connectivity index (χ4n) is 1.42. The Morgan fingerprint density at radius 2 is 1.35 bits per heavy atom. The quantitative estimate of drug-likeness (QED) is 0.880. The molecule has 0 fully saturated rings.